The van der Waals surface area contributed by atoms with Gasteiger partial charge in [-0.3, -0.25) is 4.79 Å². The van der Waals surface area contributed by atoms with E-state index in [9.17, 15) is 4.79 Å². The van der Waals surface area contributed by atoms with Crippen molar-refractivity contribution in [1.82, 2.24) is 5.32 Å². The Morgan fingerprint density at radius 3 is 2.60 bits per heavy atom. The monoisotopic (exact) mass is 236 g/mol. The fourth-order valence-electron chi connectivity index (χ4n) is 1.94. The van der Waals surface area contributed by atoms with Gasteiger partial charge in [0.15, 0.2) is 0 Å². The van der Waals surface area contributed by atoms with E-state index in [1.54, 1.807) is 0 Å². The maximum atomic E-state index is 11.2. The predicted molar refractivity (Wildman–Crippen MR) is 62.1 cm³/mol. The maximum absolute atomic E-state index is 11.2. The number of carbonyl (C=O) groups is 1. The van der Waals surface area contributed by atoms with Crippen LogP contribution in [0.1, 0.15) is 26.2 Å². The Balaban J connectivity index is 0.00000196. The van der Waals surface area contributed by atoms with Gasteiger partial charge in [0, 0.05) is 19.3 Å². The molecule has 5 heteroatoms. The highest BCUT2D eigenvalue weighted by Gasteiger charge is 2.23. The van der Waals surface area contributed by atoms with Gasteiger partial charge >= 0.3 is 0 Å². The molecule has 1 aliphatic heterocycles. The summed E-state index contributed by atoms with van der Waals surface area (Å²) in [5.74, 6) is 0.507. The number of halogens is 1. The van der Waals surface area contributed by atoms with Crippen molar-refractivity contribution in [1.29, 1.82) is 0 Å². The lowest BCUT2D eigenvalue weighted by Gasteiger charge is -2.30. The first-order valence-electron chi connectivity index (χ1n) is 5.35. The Kier molecular flexibility index (Phi) is 7.74. The lowest BCUT2D eigenvalue weighted by Crippen LogP contribution is -2.44. The smallest absolute Gasteiger partial charge is 0.233 e. The number of rotatable bonds is 4. The maximum Gasteiger partial charge on any atom is 0.233 e. The van der Waals surface area contributed by atoms with E-state index in [0.29, 0.717) is 5.92 Å². The van der Waals surface area contributed by atoms with Crippen LogP contribution in [0.25, 0.3) is 0 Å². The number of ether oxygens (including phenoxy) is 1. The van der Waals surface area contributed by atoms with Crippen LogP contribution in [0.4, 0.5) is 0 Å². The lowest BCUT2D eigenvalue weighted by atomic mass is 9.90. The molecule has 0 spiro atoms. The third-order valence-electron chi connectivity index (χ3n) is 2.81. The Hall–Kier alpha value is -0.320. The minimum atomic E-state index is -0.0525. The molecule has 4 nitrogen and oxygen atoms in total. The molecular weight excluding hydrogens is 216 g/mol. The Labute approximate surface area is 97.3 Å². The van der Waals surface area contributed by atoms with Crippen molar-refractivity contribution in [2.45, 2.75) is 32.2 Å². The second-order valence-electron chi connectivity index (χ2n) is 3.74. The third kappa shape index (κ3) is 4.82. The zero-order valence-electron chi connectivity index (χ0n) is 9.20. The molecule has 1 unspecified atom stereocenters. The molecule has 1 rings (SSSR count). The van der Waals surface area contributed by atoms with E-state index >= 15 is 0 Å². The Morgan fingerprint density at radius 2 is 2.13 bits per heavy atom. The van der Waals surface area contributed by atoms with Gasteiger partial charge in [0.05, 0.1) is 6.54 Å². The van der Waals surface area contributed by atoms with Crippen molar-refractivity contribution in [3.63, 3.8) is 0 Å². The molecule has 1 aliphatic rings. The number of nitrogens with two attached hydrogens (primary N) is 1. The van der Waals surface area contributed by atoms with E-state index < -0.39 is 0 Å². The number of nitrogens with one attached hydrogen (secondary N) is 1. The molecule has 0 aliphatic carbocycles. The van der Waals surface area contributed by atoms with Crippen LogP contribution in [0.3, 0.4) is 0 Å². The minimum absolute atomic E-state index is 0. The summed E-state index contributed by atoms with van der Waals surface area (Å²) in [6.45, 7) is 3.82. The van der Waals surface area contributed by atoms with Gasteiger partial charge in [0.25, 0.3) is 0 Å². The molecule has 0 aromatic rings. The van der Waals surface area contributed by atoms with Gasteiger partial charge in [-0.25, -0.2) is 0 Å². The molecule has 3 N–H and O–H groups in total. The van der Waals surface area contributed by atoms with Gasteiger partial charge in [-0.1, -0.05) is 6.92 Å². The van der Waals surface area contributed by atoms with Crippen LogP contribution in [0, 0.1) is 5.92 Å². The Morgan fingerprint density at radius 1 is 1.53 bits per heavy atom. The summed E-state index contributed by atoms with van der Waals surface area (Å²) >= 11 is 0. The van der Waals surface area contributed by atoms with Crippen LogP contribution >= 0.6 is 12.4 Å². The highest BCUT2D eigenvalue weighted by Crippen LogP contribution is 2.20. The average molecular weight is 237 g/mol. The molecule has 0 aromatic carbocycles. The number of hydrogen-bond acceptors (Lipinski definition) is 3. The quantitative estimate of drug-likeness (QED) is 0.755. The highest BCUT2D eigenvalue weighted by atomic mass is 35.5. The first-order chi connectivity index (χ1) is 6.77. The number of hydrogen-bond donors (Lipinski definition) is 2. The number of carbonyl (C=O) groups excluding carboxylic acids is 1. The summed E-state index contributed by atoms with van der Waals surface area (Å²) in [4.78, 5) is 11.2. The van der Waals surface area contributed by atoms with E-state index in [1.165, 1.54) is 0 Å². The molecule has 0 aromatic heterocycles. The molecule has 1 amide bonds. The van der Waals surface area contributed by atoms with Crippen molar-refractivity contribution in [3.8, 4) is 0 Å². The van der Waals surface area contributed by atoms with Crippen molar-refractivity contribution < 1.29 is 9.53 Å². The summed E-state index contributed by atoms with van der Waals surface area (Å²) in [7, 11) is 0. The molecule has 0 radical (unpaired) electrons. The SMILES string of the molecule is CCC(NC(=O)CN)C1CCOCC1.Cl. The second kappa shape index (κ2) is 7.91. The molecule has 90 valence electrons. The molecular formula is C10H21ClN2O2. The molecule has 0 bridgehead atoms. The lowest BCUT2D eigenvalue weighted by molar-refractivity contribution is -0.121. The van der Waals surface area contributed by atoms with Gasteiger partial charge in [0.1, 0.15) is 0 Å². The van der Waals surface area contributed by atoms with Gasteiger partial charge in [-0.05, 0) is 25.2 Å². The summed E-state index contributed by atoms with van der Waals surface area (Å²) in [6.07, 6.45) is 3.06. The van der Waals surface area contributed by atoms with E-state index in [1.807, 2.05) is 0 Å². The van der Waals surface area contributed by atoms with E-state index in [0.717, 1.165) is 32.5 Å². The zero-order chi connectivity index (χ0) is 10.4. The second-order valence-corrected chi connectivity index (χ2v) is 3.74. The summed E-state index contributed by atoms with van der Waals surface area (Å²) in [5, 5.41) is 2.97. The molecule has 15 heavy (non-hydrogen) atoms. The Bertz CT molecular complexity index is 184. The first kappa shape index (κ1) is 14.7. The van der Waals surface area contributed by atoms with Crippen molar-refractivity contribution >= 4 is 18.3 Å². The fourth-order valence-corrected chi connectivity index (χ4v) is 1.94. The van der Waals surface area contributed by atoms with Crippen molar-refractivity contribution in [2.24, 2.45) is 11.7 Å². The summed E-state index contributed by atoms with van der Waals surface area (Å²) in [6, 6.07) is 0.273. The predicted octanol–water partition coefficient (Wildman–Crippen LogP) is 0.688. The van der Waals surface area contributed by atoms with Crippen LogP contribution in [-0.2, 0) is 9.53 Å². The van der Waals surface area contributed by atoms with Crippen molar-refractivity contribution in [3.05, 3.63) is 0 Å². The largest absolute Gasteiger partial charge is 0.381 e. The van der Waals surface area contributed by atoms with Crippen LogP contribution in [0.15, 0.2) is 0 Å². The van der Waals surface area contributed by atoms with E-state index in [2.05, 4.69) is 12.2 Å². The van der Waals surface area contributed by atoms with Gasteiger partial charge in [-0.2, -0.15) is 0 Å². The molecule has 0 saturated carbocycles. The van der Waals surface area contributed by atoms with Crippen LogP contribution in [0.5, 0.6) is 0 Å². The highest BCUT2D eigenvalue weighted by molar-refractivity contribution is 5.85. The normalized spacial score (nSPS) is 19.1. The van der Waals surface area contributed by atoms with Gasteiger partial charge in [-0.15, -0.1) is 12.4 Å². The zero-order valence-corrected chi connectivity index (χ0v) is 10.0. The topological polar surface area (TPSA) is 64.4 Å². The van der Waals surface area contributed by atoms with Crippen LogP contribution < -0.4 is 11.1 Å². The molecule has 1 saturated heterocycles. The summed E-state index contributed by atoms with van der Waals surface area (Å²) in [5.41, 5.74) is 5.27. The average Bonchev–Trinajstić information content (AvgIpc) is 2.26. The van der Waals surface area contributed by atoms with Gasteiger partial charge < -0.3 is 15.8 Å². The van der Waals surface area contributed by atoms with E-state index in [-0.39, 0.29) is 30.9 Å². The number of amides is 1. The molecule has 1 heterocycles. The fraction of sp³-hybridized carbons (Fsp3) is 0.900. The molecule has 1 atom stereocenters. The minimum Gasteiger partial charge on any atom is -0.381 e. The summed E-state index contributed by atoms with van der Waals surface area (Å²) < 4.78 is 5.29. The first-order valence-corrected chi connectivity index (χ1v) is 5.35. The van der Waals surface area contributed by atoms with Crippen LogP contribution in [-0.4, -0.2) is 31.7 Å². The van der Waals surface area contributed by atoms with Crippen molar-refractivity contribution in [2.75, 3.05) is 19.8 Å². The standard InChI is InChI=1S/C10H20N2O2.ClH/c1-2-9(12-10(13)7-11)8-3-5-14-6-4-8;/h8-9H,2-7,11H2,1H3,(H,12,13);1H. The van der Waals surface area contributed by atoms with E-state index in [4.69, 9.17) is 10.5 Å². The van der Waals surface area contributed by atoms with Crippen LogP contribution in [0.2, 0.25) is 0 Å². The van der Waals surface area contributed by atoms with Gasteiger partial charge in [0.2, 0.25) is 5.91 Å². The molecule has 1 fully saturated rings. The third-order valence-corrected chi connectivity index (χ3v) is 2.81.